The fourth-order valence-electron chi connectivity index (χ4n) is 4.45. The lowest BCUT2D eigenvalue weighted by Crippen LogP contribution is -2.47. The van der Waals surface area contributed by atoms with Crippen LogP contribution in [-0.4, -0.2) is 60.4 Å². The number of primary amides is 1. The van der Waals surface area contributed by atoms with Gasteiger partial charge in [-0.1, -0.05) is 30.3 Å². The number of nitrogens with one attached hydrogen (secondary N) is 1. The van der Waals surface area contributed by atoms with E-state index in [4.69, 9.17) is 10.7 Å². The van der Waals surface area contributed by atoms with Crippen LogP contribution in [0.5, 0.6) is 0 Å². The van der Waals surface area contributed by atoms with Crippen LogP contribution in [0.25, 0.3) is 0 Å². The Morgan fingerprint density at radius 2 is 2.00 bits per heavy atom. The van der Waals surface area contributed by atoms with E-state index in [1.807, 2.05) is 0 Å². The molecule has 6 heteroatoms. The maximum absolute atomic E-state index is 11.3. The van der Waals surface area contributed by atoms with Crippen molar-refractivity contribution in [1.82, 2.24) is 15.1 Å². The van der Waals surface area contributed by atoms with Gasteiger partial charge in [-0.25, -0.2) is 0 Å². The Morgan fingerprint density at radius 1 is 1.21 bits per heavy atom. The van der Waals surface area contributed by atoms with Gasteiger partial charge in [0.05, 0.1) is 6.54 Å². The van der Waals surface area contributed by atoms with Crippen molar-refractivity contribution in [2.75, 3.05) is 32.7 Å². The van der Waals surface area contributed by atoms with Gasteiger partial charge in [0, 0.05) is 38.6 Å². The van der Waals surface area contributed by atoms with E-state index in [-0.39, 0.29) is 5.91 Å². The average Bonchev–Trinajstić information content (AvgIpc) is 3.12. The number of aliphatic imine (C=N–C) groups is 1. The lowest BCUT2D eigenvalue weighted by atomic mass is 9.95. The van der Waals surface area contributed by atoms with Gasteiger partial charge in [-0.05, 0) is 50.6 Å². The summed E-state index contributed by atoms with van der Waals surface area (Å²) < 4.78 is 0. The number of likely N-dealkylation sites (tertiary alicyclic amines) is 2. The Kier molecular flexibility index (Phi) is 7.71. The molecule has 2 heterocycles. The first-order chi connectivity index (χ1) is 13.7. The van der Waals surface area contributed by atoms with Crippen molar-refractivity contribution in [3.63, 3.8) is 0 Å². The molecule has 0 radical (unpaired) electrons. The Morgan fingerprint density at radius 3 is 2.75 bits per heavy atom. The Hall–Kier alpha value is -2.08. The van der Waals surface area contributed by atoms with Crippen LogP contribution in [-0.2, 0) is 11.3 Å². The summed E-state index contributed by atoms with van der Waals surface area (Å²) in [5, 5.41) is 3.46. The Bertz CT molecular complexity index is 648. The van der Waals surface area contributed by atoms with E-state index in [9.17, 15) is 4.79 Å². The molecular formula is C22H35N5O. The van der Waals surface area contributed by atoms with Crippen molar-refractivity contribution in [1.29, 1.82) is 0 Å². The summed E-state index contributed by atoms with van der Waals surface area (Å²) in [4.78, 5) is 21.2. The molecule has 2 aliphatic rings. The van der Waals surface area contributed by atoms with Crippen molar-refractivity contribution < 1.29 is 4.79 Å². The molecule has 1 aromatic rings. The average molecular weight is 386 g/mol. The third-order valence-electron chi connectivity index (χ3n) is 5.82. The maximum Gasteiger partial charge on any atom is 0.217 e. The van der Waals surface area contributed by atoms with Crippen LogP contribution in [0.1, 0.15) is 44.6 Å². The summed E-state index contributed by atoms with van der Waals surface area (Å²) >= 11 is 0. The molecule has 154 valence electrons. The van der Waals surface area contributed by atoms with Gasteiger partial charge in [0.15, 0.2) is 5.96 Å². The predicted octanol–water partition coefficient (Wildman–Crippen LogP) is 2.20. The zero-order chi connectivity index (χ0) is 19.8. The van der Waals surface area contributed by atoms with Crippen LogP contribution in [0.3, 0.4) is 0 Å². The number of carbonyl (C=O) groups is 1. The van der Waals surface area contributed by atoms with Gasteiger partial charge >= 0.3 is 0 Å². The molecule has 2 unspecified atom stereocenters. The number of hydrogen-bond donors (Lipinski definition) is 2. The molecule has 1 aromatic carbocycles. The van der Waals surface area contributed by atoms with E-state index in [0.717, 1.165) is 58.1 Å². The van der Waals surface area contributed by atoms with Crippen LogP contribution in [0.15, 0.2) is 35.3 Å². The van der Waals surface area contributed by atoms with Crippen LogP contribution >= 0.6 is 0 Å². The predicted molar refractivity (Wildman–Crippen MR) is 114 cm³/mol. The summed E-state index contributed by atoms with van der Waals surface area (Å²) in [6.07, 6.45) is 5.09. The second-order valence-electron chi connectivity index (χ2n) is 8.07. The third-order valence-corrected chi connectivity index (χ3v) is 5.82. The topological polar surface area (TPSA) is 74.0 Å². The highest BCUT2D eigenvalue weighted by Gasteiger charge is 2.26. The lowest BCUT2D eigenvalue weighted by molar-refractivity contribution is -0.119. The first-order valence-electron chi connectivity index (χ1n) is 10.7. The molecular weight excluding hydrogens is 350 g/mol. The van der Waals surface area contributed by atoms with Crippen molar-refractivity contribution >= 4 is 11.9 Å². The maximum atomic E-state index is 11.3. The monoisotopic (exact) mass is 385 g/mol. The molecule has 28 heavy (non-hydrogen) atoms. The van der Waals surface area contributed by atoms with Crippen molar-refractivity contribution in [2.24, 2.45) is 16.6 Å². The number of nitrogens with two attached hydrogens (primary N) is 1. The number of amides is 1. The molecule has 0 spiro atoms. The fraction of sp³-hybridized carbons (Fsp3) is 0.636. The molecule has 3 rings (SSSR count). The molecule has 0 aliphatic carbocycles. The molecule has 1 amide bonds. The quantitative estimate of drug-likeness (QED) is 0.557. The molecule has 0 saturated carbocycles. The van der Waals surface area contributed by atoms with Gasteiger partial charge in [0.1, 0.15) is 0 Å². The SMILES string of the molecule is CCNC(=NCC1CCCN1Cc1ccccc1)N1CCCC(CC(N)=O)C1. The molecule has 2 aliphatic heterocycles. The van der Waals surface area contributed by atoms with E-state index in [0.29, 0.717) is 18.4 Å². The first kappa shape index (κ1) is 20.6. The minimum absolute atomic E-state index is 0.198. The van der Waals surface area contributed by atoms with Gasteiger partial charge in [0.25, 0.3) is 0 Å². The van der Waals surface area contributed by atoms with Crippen LogP contribution in [0, 0.1) is 5.92 Å². The number of rotatable bonds is 7. The molecule has 2 fully saturated rings. The molecule has 2 atom stereocenters. The molecule has 0 aromatic heterocycles. The van der Waals surface area contributed by atoms with Gasteiger partial charge in [0.2, 0.25) is 5.91 Å². The van der Waals surface area contributed by atoms with Crippen LogP contribution in [0.2, 0.25) is 0 Å². The molecule has 2 saturated heterocycles. The summed E-state index contributed by atoms with van der Waals surface area (Å²) in [5.41, 5.74) is 6.79. The molecule has 6 nitrogen and oxygen atoms in total. The van der Waals surface area contributed by atoms with E-state index in [1.165, 1.54) is 18.4 Å². The number of hydrogen-bond acceptors (Lipinski definition) is 3. The second-order valence-corrected chi connectivity index (χ2v) is 8.07. The number of nitrogens with zero attached hydrogens (tertiary/aromatic N) is 3. The first-order valence-corrected chi connectivity index (χ1v) is 10.7. The normalized spacial score (nSPS) is 23.8. The second kappa shape index (κ2) is 10.5. The lowest BCUT2D eigenvalue weighted by Gasteiger charge is -2.35. The smallest absolute Gasteiger partial charge is 0.217 e. The summed E-state index contributed by atoms with van der Waals surface area (Å²) in [6, 6.07) is 11.2. The van der Waals surface area contributed by atoms with Crippen LogP contribution < -0.4 is 11.1 Å². The number of benzene rings is 1. The highest BCUT2D eigenvalue weighted by molar-refractivity contribution is 5.80. The van der Waals surface area contributed by atoms with Gasteiger partial charge in [-0.3, -0.25) is 14.7 Å². The standard InChI is InChI=1S/C22H35N5O/c1-2-24-22(27-13-6-10-19(17-27)14-21(23)28)25-15-20-11-7-12-26(20)16-18-8-4-3-5-9-18/h3-5,8-9,19-20H,2,6-7,10-17H2,1H3,(H2,23,28)(H,24,25). The highest BCUT2D eigenvalue weighted by Crippen LogP contribution is 2.22. The molecule has 3 N–H and O–H groups in total. The van der Waals surface area contributed by atoms with Crippen molar-refractivity contribution in [2.45, 2.75) is 51.6 Å². The summed E-state index contributed by atoms with van der Waals surface area (Å²) in [6.45, 7) is 7.81. The largest absolute Gasteiger partial charge is 0.370 e. The number of piperidine rings is 1. The van der Waals surface area contributed by atoms with Gasteiger partial charge < -0.3 is 16.0 Å². The number of guanidine groups is 1. The Balaban J connectivity index is 1.60. The zero-order valence-electron chi connectivity index (χ0n) is 17.1. The van der Waals surface area contributed by atoms with Crippen LogP contribution in [0.4, 0.5) is 0 Å². The highest BCUT2D eigenvalue weighted by atomic mass is 16.1. The van der Waals surface area contributed by atoms with E-state index >= 15 is 0 Å². The summed E-state index contributed by atoms with van der Waals surface area (Å²) in [7, 11) is 0. The zero-order valence-corrected chi connectivity index (χ0v) is 17.1. The Labute approximate surface area is 169 Å². The summed E-state index contributed by atoms with van der Waals surface area (Å²) in [5.74, 6) is 1.13. The fourth-order valence-corrected chi connectivity index (χ4v) is 4.45. The minimum atomic E-state index is -0.198. The van der Waals surface area contributed by atoms with E-state index in [1.54, 1.807) is 0 Å². The van der Waals surface area contributed by atoms with Crippen molar-refractivity contribution in [3.05, 3.63) is 35.9 Å². The number of carbonyl (C=O) groups excluding carboxylic acids is 1. The minimum Gasteiger partial charge on any atom is -0.370 e. The van der Waals surface area contributed by atoms with Crippen molar-refractivity contribution in [3.8, 4) is 0 Å². The third kappa shape index (κ3) is 5.96. The van der Waals surface area contributed by atoms with Gasteiger partial charge in [-0.15, -0.1) is 0 Å². The molecule has 0 bridgehead atoms. The van der Waals surface area contributed by atoms with E-state index in [2.05, 4.69) is 52.4 Å². The van der Waals surface area contributed by atoms with E-state index < -0.39 is 0 Å². The van der Waals surface area contributed by atoms with Gasteiger partial charge in [-0.2, -0.15) is 0 Å².